The second-order valence-corrected chi connectivity index (χ2v) is 7.46. The van der Waals surface area contributed by atoms with E-state index in [1.807, 2.05) is 36.0 Å². The zero-order valence-corrected chi connectivity index (χ0v) is 15.0. The van der Waals surface area contributed by atoms with Crippen molar-refractivity contribution in [3.8, 4) is 0 Å². The van der Waals surface area contributed by atoms with E-state index in [0.717, 1.165) is 24.4 Å². The molecule has 1 heterocycles. The molecule has 1 aliphatic rings. The van der Waals surface area contributed by atoms with Gasteiger partial charge in [0.25, 0.3) is 0 Å². The fourth-order valence-corrected chi connectivity index (χ4v) is 4.07. The van der Waals surface area contributed by atoms with Gasteiger partial charge in [0.2, 0.25) is 0 Å². The molecule has 2 atom stereocenters. The third-order valence-corrected chi connectivity index (χ3v) is 5.83. The Morgan fingerprint density at radius 1 is 1.09 bits per heavy atom. The maximum atomic E-state index is 6.19. The Bertz CT molecular complexity index is 638. The van der Waals surface area contributed by atoms with Gasteiger partial charge in [0.05, 0.1) is 22.8 Å². The van der Waals surface area contributed by atoms with Crippen LogP contribution in [0.25, 0.3) is 0 Å². The van der Waals surface area contributed by atoms with Crippen molar-refractivity contribution in [1.29, 1.82) is 0 Å². The SMILES string of the molecule is Clc1ccc([C@@H]2OCCNC[C@H]2CSc2ccccc2)cc1Cl. The Kier molecular flexibility index (Phi) is 6.26. The van der Waals surface area contributed by atoms with Crippen molar-refractivity contribution in [2.24, 2.45) is 5.92 Å². The highest BCUT2D eigenvalue weighted by Gasteiger charge is 2.26. The summed E-state index contributed by atoms with van der Waals surface area (Å²) in [6.45, 7) is 2.52. The van der Waals surface area contributed by atoms with Gasteiger partial charge in [-0.2, -0.15) is 0 Å². The summed E-state index contributed by atoms with van der Waals surface area (Å²) in [4.78, 5) is 1.28. The molecule has 2 aromatic rings. The van der Waals surface area contributed by atoms with Crippen LogP contribution in [0.1, 0.15) is 11.7 Å². The smallest absolute Gasteiger partial charge is 0.0874 e. The Morgan fingerprint density at radius 3 is 2.70 bits per heavy atom. The molecule has 1 saturated heterocycles. The van der Waals surface area contributed by atoms with Crippen LogP contribution in [0.15, 0.2) is 53.4 Å². The summed E-state index contributed by atoms with van der Waals surface area (Å²) in [6.07, 6.45) is 0.0379. The number of halogens is 2. The molecule has 0 spiro atoms. The summed E-state index contributed by atoms with van der Waals surface area (Å²) in [5, 5.41) is 4.63. The lowest BCUT2D eigenvalue weighted by molar-refractivity contribution is 0.0374. The molecule has 0 saturated carbocycles. The van der Waals surface area contributed by atoms with Gasteiger partial charge in [-0.1, -0.05) is 47.5 Å². The summed E-state index contributed by atoms with van der Waals surface area (Å²) < 4.78 is 6.11. The topological polar surface area (TPSA) is 21.3 Å². The Hall–Kier alpha value is -0.710. The largest absolute Gasteiger partial charge is 0.372 e. The molecular formula is C18H19Cl2NOS. The molecule has 0 amide bonds. The number of hydrogen-bond acceptors (Lipinski definition) is 3. The summed E-state index contributed by atoms with van der Waals surface area (Å²) >= 11 is 14.1. The van der Waals surface area contributed by atoms with E-state index in [4.69, 9.17) is 27.9 Å². The van der Waals surface area contributed by atoms with E-state index >= 15 is 0 Å². The van der Waals surface area contributed by atoms with Gasteiger partial charge in [-0.3, -0.25) is 0 Å². The molecule has 2 aromatic carbocycles. The predicted molar refractivity (Wildman–Crippen MR) is 98.7 cm³/mol. The molecule has 5 heteroatoms. The van der Waals surface area contributed by atoms with Crippen LogP contribution < -0.4 is 5.32 Å². The third-order valence-electron chi connectivity index (χ3n) is 3.89. The van der Waals surface area contributed by atoms with Crippen LogP contribution in [0.2, 0.25) is 10.0 Å². The maximum Gasteiger partial charge on any atom is 0.0874 e. The van der Waals surface area contributed by atoms with Crippen molar-refractivity contribution in [2.75, 3.05) is 25.4 Å². The van der Waals surface area contributed by atoms with Crippen molar-refractivity contribution in [3.05, 3.63) is 64.1 Å². The van der Waals surface area contributed by atoms with Gasteiger partial charge in [0, 0.05) is 29.7 Å². The lowest BCUT2D eigenvalue weighted by Crippen LogP contribution is -2.26. The monoisotopic (exact) mass is 367 g/mol. The molecule has 1 aliphatic heterocycles. The Labute approximate surface area is 151 Å². The van der Waals surface area contributed by atoms with E-state index in [9.17, 15) is 0 Å². The minimum Gasteiger partial charge on any atom is -0.372 e. The average Bonchev–Trinajstić information content (AvgIpc) is 2.82. The molecule has 0 unspecified atom stereocenters. The van der Waals surface area contributed by atoms with Crippen LogP contribution in [-0.4, -0.2) is 25.4 Å². The molecular weight excluding hydrogens is 349 g/mol. The minimum absolute atomic E-state index is 0.0379. The van der Waals surface area contributed by atoms with Gasteiger partial charge >= 0.3 is 0 Å². The molecule has 0 aromatic heterocycles. The summed E-state index contributed by atoms with van der Waals surface area (Å²) in [7, 11) is 0. The highest BCUT2D eigenvalue weighted by atomic mass is 35.5. The normalized spacial score (nSPS) is 21.8. The van der Waals surface area contributed by atoms with Crippen molar-refractivity contribution < 1.29 is 4.74 Å². The molecule has 2 nitrogen and oxygen atoms in total. The number of rotatable bonds is 4. The van der Waals surface area contributed by atoms with E-state index in [1.54, 1.807) is 0 Å². The van der Waals surface area contributed by atoms with Gasteiger partial charge in [-0.05, 0) is 29.8 Å². The first-order chi connectivity index (χ1) is 11.2. The Balaban J connectivity index is 1.75. The van der Waals surface area contributed by atoms with Gasteiger partial charge in [0.15, 0.2) is 0 Å². The summed E-state index contributed by atoms with van der Waals surface area (Å²) in [5.74, 6) is 1.36. The number of nitrogens with one attached hydrogen (secondary N) is 1. The van der Waals surface area contributed by atoms with Gasteiger partial charge in [-0.25, -0.2) is 0 Å². The highest BCUT2D eigenvalue weighted by Crippen LogP contribution is 2.34. The van der Waals surface area contributed by atoms with Gasteiger partial charge in [0.1, 0.15) is 0 Å². The number of ether oxygens (including phenoxy) is 1. The second kappa shape index (κ2) is 8.41. The fraction of sp³-hybridized carbons (Fsp3) is 0.333. The van der Waals surface area contributed by atoms with Crippen LogP contribution in [0, 0.1) is 5.92 Å². The minimum atomic E-state index is 0.0379. The molecule has 1 N–H and O–H groups in total. The maximum absolute atomic E-state index is 6.19. The molecule has 23 heavy (non-hydrogen) atoms. The van der Waals surface area contributed by atoms with Crippen molar-refractivity contribution in [2.45, 2.75) is 11.0 Å². The molecule has 3 rings (SSSR count). The van der Waals surface area contributed by atoms with Gasteiger partial charge < -0.3 is 10.1 Å². The van der Waals surface area contributed by atoms with E-state index in [1.165, 1.54) is 4.90 Å². The summed E-state index contributed by atoms with van der Waals surface area (Å²) in [6, 6.07) is 16.3. The first-order valence-corrected chi connectivity index (χ1v) is 9.43. The van der Waals surface area contributed by atoms with Crippen molar-refractivity contribution in [1.82, 2.24) is 5.32 Å². The quantitative estimate of drug-likeness (QED) is 0.762. The average molecular weight is 368 g/mol. The number of hydrogen-bond donors (Lipinski definition) is 1. The van der Waals surface area contributed by atoms with Crippen LogP contribution in [0.4, 0.5) is 0 Å². The standard InChI is InChI=1S/C18H19Cl2NOS/c19-16-7-6-13(10-17(16)20)18-14(11-21-8-9-22-18)12-23-15-4-2-1-3-5-15/h1-7,10,14,18,21H,8-9,11-12H2/t14-,18-/m0/s1. The first kappa shape index (κ1) is 17.1. The molecule has 0 aliphatic carbocycles. The van der Waals surface area contributed by atoms with Crippen LogP contribution >= 0.6 is 35.0 Å². The van der Waals surface area contributed by atoms with E-state index in [2.05, 4.69) is 29.6 Å². The summed E-state index contributed by atoms with van der Waals surface area (Å²) in [5.41, 5.74) is 1.10. The molecule has 0 radical (unpaired) electrons. The lowest BCUT2D eigenvalue weighted by atomic mass is 9.97. The zero-order chi connectivity index (χ0) is 16.1. The van der Waals surface area contributed by atoms with E-state index in [-0.39, 0.29) is 6.10 Å². The molecule has 122 valence electrons. The number of thioether (sulfide) groups is 1. The van der Waals surface area contributed by atoms with Crippen LogP contribution in [0.5, 0.6) is 0 Å². The predicted octanol–water partition coefficient (Wildman–Crippen LogP) is 5.06. The van der Waals surface area contributed by atoms with Crippen molar-refractivity contribution >= 4 is 35.0 Å². The lowest BCUT2D eigenvalue weighted by Gasteiger charge is -2.25. The molecule has 1 fully saturated rings. The number of benzene rings is 2. The third kappa shape index (κ3) is 4.65. The van der Waals surface area contributed by atoms with Crippen LogP contribution in [-0.2, 0) is 4.74 Å². The second-order valence-electron chi connectivity index (χ2n) is 5.55. The van der Waals surface area contributed by atoms with Crippen molar-refractivity contribution in [3.63, 3.8) is 0 Å². The van der Waals surface area contributed by atoms with E-state index < -0.39 is 0 Å². The van der Waals surface area contributed by atoms with E-state index in [0.29, 0.717) is 22.6 Å². The van der Waals surface area contributed by atoms with Gasteiger partial charge in [-0.15, -0.1) is 11.8 Å². The Morgan fingerprint density at radius 2 is 1.91 bits per heavy atom. The zero-order valence-electron chi connectivity index (χ0n) is 12.7. The molecule has 0 bridgehead atoms. The first-order valence-electron chi connectivity index (χ1n) is 7.69. The fourth-order valence-electron chi connectivity index (χ4n) is 2.71. The van der Waals surface area contributed by atoms with Crippen LogP contribution in [0.3, 0.4) is 0 Å². The highest BCUT2D eigenvalue weighted by molar-refractivity contribution is 7.99.